The molecule has 0 saturated carbocycles. The van der Waals surface area contributed by atoms with Crippen LogP contribution in [0.5, 0.6) is 34.6 Å². The fraction of sp³-hybridized carbons (Fsp3) is 0.312. The van der Waals surface area contributed by atoms with Crippen LogP contribution in [0.2, 0.25) is 0 Å². The first-order chi connectivity index (χ1) is 11.0. The topological polar surface area (TPSA) is 59.0 Å². The molecule has 0 bridgehead atoms. The summed E-state index contributed by atoms with van der Waals surface area (Å²) in [5.41, 5.74) is 0.777. The summed E-state index contributed by atoms with van der Waals surface area (Å²) in [6.07, 6.45) is 0. The number of nitrogens with zero attached hydrogens (tertiary/aromatic N) is 1. The third-order valence-electron chi connectivity index (χ3n) is 3.10. The van der Waals surface area contributed by atoms with E-state index >= 15 is 0 Å². The van der Waals surface area contributed by atoms with Crippen LogP contribution in [-0.2, 0) is 0 Å². The van der Waals surface area contributed by atoms with Crippen LogP contribution in [-0.4, -0.2) is 33.4 Å². The van der Waals surface area contributed by atoms with Gasteiger partial charge in [0.2, 0.25) is 5.75 Å². The Bertz CT molecular complexity index is 680. The highest BCUT2D eigenvalue weighted by Gasteiger charge is 2.20. The minimum absolute atomic E-state index is 0.307. The van der Waals surface area contributed by atoms with Crippen LogP contribution in [0.3, 0.4) is 0 Å². The quantitative estimate of drug-likeness (QED) is 0.751. The molecule has 7 heteroatoms. The van der Waals surface area contributed by atoms with E-state index in [2.05, 4.69) is 20.9 Å². The Balaban J connectivity index is 2.56. The van der Waals surface area contributed by atoms with E-state index in [0.717, 1.165) is 10.2 Å². The van der Waals surface area contributed by atoms with Crippen molar-refractivity contribution in [1.29, 1.82) is 0 Å². The zero-order valence-corrected chi connectivity index (χ0v) is 15.2. The molecule has 1 aromatic carbocycles. The maximum atomic E-state index is 5.93. The molecule has 0 fully saturated rings. The number of aromatic nitrogens is 1. The largest absolute Gasteiger partial charge is 0.496 e. The van der Waals surface area contributed by atoms with Crippen LogP contribution in [0.15, 0.2) is 22.7 Å². The van der Waals surface area contributed by atoms with Crippen molar-refractivity contribution in [3.8, 4) is 34.6 Å². The smallest absolute Gasteiger partial charge is 0.264 e. The first-order valence-corrected chi connectivity index (χ1v) is 7.52. The SMILES string of the molecule is COc1cc(OC)c(Oc2nc(C)cc(Br)c2OC)c(OC)c1. The predicted octanol–water partition coefficient (Wildman–Crippen LogP) is 3.98. The number of halogens is 1. The average molecular weight is 384 g/mol. The second kappa shape index (κ2) is 7.41. The number of pyridine rings is 1. The molecule has 0 spiro atoms. The van der Waals surface area contributed by atoms with E-state index in [4.69, 9.17) is 23.7 Å². The Morgan fingerprint density at radius 2 is 1.43 bits per heavy atom. The van der Waals surface area contributed by atoms with Gasteiger partial charge in [-0.2, -0.15) is 0 Å². The van der Waals surface area contributed by atoms with E-state index in [1.165, 1.54) is 14.2 Å². The zero-order chi connectivity index (χ0) is 17.0. The number of methoxy groups -OCH3 is 4. The van der Waals surface area contributed by atoms with Gasteiger partial charge in [0.25, 0.3) is 5.88 Å². The van der Waals surface area contributed by atoms with E-state index in [9.17, 15) is 0 Å². The number of rotatable bonds is 6. The van der Waals surface area contributed by atoms with Crippen LogP contribution in [0, 0.1) is 6.92 Å². The molecule has 0 saturated heterocycles. The Morgan fingerprint density at radius 1 is 0.826 bits per heavy atom. The molecule has 0 radical (unpaired) electrons. The van der Waals surface area contributed by atoms with Gasteiger partial charge in [-0.15, -0.1) is 0 Å². The summed E-state index contributed by atoms with van der Waals surface area (Å²) in [4.78, 5) is 4.37. The van der Waals surface area contributed by atoms with Gasteiger partial charge in [-0.05, 0) is 28.9 Å². The van der Waals surface area contributed by atoms with Crippen LogP contribution in [0.1, 0.15) is 5.69 Å². The molecule has 0 aliphatic rings. The van der Waals surface area contributed by atoms with E-state index in [0.29, 0.717) is 34.6 Å². The van der Waals surface area contributed by atoms with E-state index in [-0.39, 0.29) is 0 Å². The lowest BCUT2D eigenvalue weighted by Crippen LogP contribution is -2.00. The summed E-state index contributed by atoms with van der Waals surface area (Å²) in [6, 6.07) is 5.25. The molecule has 6 nitrogen and oxygen atoms in total. The van der Waals surface area contributed by atoms with E-state index in [1.54, 1.807) is 26.4 Å². The van der Waals surface area contributed by atoms with Crippen molar-refractivity contribution >= 4 is 15.9 Å². The number of hydrogen-bond donors (Lipinski definition) is 0. The molecule has 1 aromatic heterocycles. The minimum Gasteiger partial charge on any atom is -0.496 e. The maximum Gasteiger partial charge on any atom is 0.264 e. The molecular weight excluding hydrogens is 366 g/mol. The second-order valence-electron chi connectivity index (χ2n) is 4.55. The van der Waals surface area contributed by atoms with Crippen molar-refractivity contribution in [1.82, 2.24) is 4.98 Å². The number of ether oxygens (including phenoxy) is 5. The van der Waals surface area contributed by atoms with Gasteiger partial charge in [0.05, 0.1) is 32.9 Å². The molecule has 23 heavy (non-hydrogen) atoms. The normalized spacial score (nSPS) is 10.2. The van der Waals surface area contributed by atoms with Crippen molar-refractivity contribution in [3.05, 3.63) is 28.4 Å². The number of aryl methyl sites for hydroxylation is 1. The molecule has 0 N–H and O–H groups in total. The van der Waals surface area contributed by atoms with Gasteiger partial charge in [-0.3, -0.25) is 0 Å². The van der Waals surface area contributed by atoms with Crippen molar-refractivity contribution in [2.24, 2.45) is 0 Å². The Labute approximate surface area is 143 Å². The molecular formula is C16H18BrNO5. The van der Waals surface area contributed by atoms with Crippen molar-refractivity contribution in [2.45, 2.75) is 6.92 Å². The molecule has 0 atom stereocenters. The van der Waals surface area contributed by atoms with E-state index < -0.39 is 0 Å². The van der Waals surface area contributed by atoms with E-state index in [1.807, 2.05) is 13.0 Å². The maximum absolute atomic E-state index is 5.93. The summed E-state index contributed by atoms with van der Waals surface area (Å²) in [7, 11) is 6.19. The standard InChI is InChI=1S/C16H18BrNO5/c1-9-6-11(17)14(22-5)16(18-9)23-15-12(20-3)7-10(19-2)8-13(15)21-4/h6-8H,1-5H3. The average Bonchev–Trinajstić information content (AvgIpc) is 2.54. The fourth-order valence-corrected chi connectivity index (χ4v) is 2.68. The number of hydrogen-bond acceptors (Lipinski definition) is 6. The van der Waals surface area contributed by atoms with Gasteiger partial charge >= 0.3 is 0 Å². The summed E-state index contributed by atoms with van der Waals surface area (Å²) < 4.78 is 28.0. The van der Waals surface area contributed by atoms with Gasteiger partial charge in [-0.1, -0.05) is 0 Å². The molecule has 1 heterocycles. The third kappa shape index (κ3) is 3.61. The molecule has 124 valence electrons. The van der Waals surface area contributed by atoms with Crippen LogP contribution in [0.25, 0.3) is 0 Å². The first kappa shape index (κ1) is 17.2. The predicted molar refractivity (Wildman–Crippen MR) is 89.4 cm³/mol. The monoisotopic (exact) mass is 383 g/mol. The zero-order valence-electron chi connectivity index (χ0n) is 13.6. The highest BCUT2D eigenvalue weighted by atomic mass is 79.9. The molecule has 0 aliphatic heterocycles. The summed E-state index contributed by atoms with van der Waals surface area (Å²) in [5, 5.41) is 0. The molecule has 0 amide bonds. The van der Waals surface area contributed by atoms with Crippen molar-refractivity contribution < 1.29 is 23.7 Å². The Morgan fingerprint density at radius 3 is 1.91 bits per heavy atom. The van der Waals surface area contributed by atoms with Crippen molar-refractivity contribution in [2.75, 3.05) is 28.4 Å². The van der Waals surface area contributed by atoms with Gasteiger partial charge < -0.3 is 23.7 Å². The third-order valence-corrected chi connectivity index (χ3v) is 3.69. The summed E-state index contributed by atoms with van der Waals surface area (Å²) in [5.74, 6) is 2.69. The summed E-state index contributed by atoms with van der Waals surface area (Å²) in [6.45, 7) is 1.86. The lowest BCUT2D eigenvalue weighted by Gasteiger charge is -2.17. The second-order valence-corrected chi connectivity index (χ2v) is 5.40. The number of benzene rings is 1. The molecule has 0 aliphatic carbocycles. The van der Waals surface area contributed by atoms with Crippen LogP contribution < -0.4 is 23.7 Å². The van der Waals surface area contributed by atoms with Gasteiger partial charge in [0.15, 0.2) is 17.2 Å². The summed E-state index contributed by atoms with van der Waals surface area (Å²) >= 11 is 3.44. The lowest BCUT2D eigenvalue weighted by atomic mass is 10.2. The molecule has 2 rings (SSSR count). The first-order valence-electron chi connectivity index (χ1n) is 6.73. The molecule has 0 unspecified atom stereocenters. The van der Waals surface area contributed by atoms with Gasteiger partial charge in [0, 0.05) is 17.8 Å². The highest BCUT2D eigenvalue weighted by molar-refractivity contribution is 9.10. The van der Waals surface area contributed by atoms with Crippen molar-refractivity contribution in [3.63, 3.8) is 0 Å². The van der Waals surface area contributed by atoms with Gasteiger partial charge in [0.1, 0.15) is 5.75 Å². The van der Waals surface area contributed by atoms with Crippen LogP contribution >= 0.6 is 15.9 Å². The molecule has 2 aromatic rings. The van der Waals surface area contributed by atoms with Gasteiger partial charge in [-0.25, -0.2) is 4.98 Å². The van der Waals surface area contributed by atoms with Crippen LogP contribution in [0.4, 0.5) is 0 Å². The Hall–Kier alpha value is -2.15. The Kier molecular flexibility index (Phi) is 5.54. The lowest BCUT2D eigenvalue weighted by molar-refractivity contribution is 0.320. The minimum atomic E-state index is 0.307. The highest BCUT2D eigenvalue weighted by Crippen LogP contribution is 2.45. The fourth-order valence-electron chi connectivity index (χ4n) is 2.02.